The van der Waals surface area contributed by atoms with Crippen LogP contribution in [0.5, 0.6) is 5.75 Å². The summed E-state index contributed by atoms with van der Waals surface area (Å²) in [5.41, 5.74) is -0.0663. The van der Waals surface area contributed by atoms with Gasteiger partial charge in [0.15, 0.2) is 5.78 Å². The quantitative estimate of drug-likeness (QED) is 0.0331. The van der Waals surface area contributed by atoms with Gasteiger partial charge in [0.05, 0.1) is 65.2 Å². The fourth-order valence-corrected chi connectivity index (χ4v) is 7.46. The zero-order chi connectivity index (χ0) is 40.8. The molecule has 0 heterocycles. The van der Waals surface area contributed by atoms with E-state index in [1.54, 1.807) is 24.3 Å². The molecule has 0 bridgehead atoms. The number of methoxy groups -OCH3 is 2. The lowest BCUT2D eigenvalue weighted by Gasteiger charge is -2.13. The molecule has 306 valence electrons. The normalized spacial score (nSPS) is 11.1. The molecule has 0 spiro atoms. The molecule has 0 atom stereocenters. The van der Waals surface area contributed by atoms with E-state index in [4.69, 9.17) is 25.8 Å². The molecule has 11 nitrogen and oxygen atoms in total. The SMILES string of the molecule is CCCCCCCCCCCCCCCCCCOc1ccccc1C(=O)CC(=O)Nc1cc(S(=O)(=O)Nc2cc(C(=O)OC)cc(C(=O)OC)c2)ccc1Cl. The maximum atomic E-state index is 13.3. The van der Waals surface area contributed by atoms with Crippen molar-refractivity contribution in [3.05, 3.63) is 82.4 Å². The van der Waals surface area contributed by atoms with Gasteiger partial charge in [-0.3, -0.25) is 14.3 Å². The fraction of sp³-hybridized carbons (Fsp3) is 0.488. The predicted octanol–water partition coefficient (Wildman–Crippen LogP) is 10.6. The number of amides is 1. The van der Waals surface area contributed by atoms with Crippen LogP contribution in [-0.4, -0.2) is 52.9 Å². The largest absolute Gasteiger partial charge is 0.493 e. The first-order valence-electron chi connectivity index (χ1n) is 19.7. The third kappa shape index (κ3) is 16.0. The van der Waals surface area contributed by atoms with Gasteiger partial charge in [-0.1, -0.05) is 127 Å². The number of nitrogens with one attached hydrogen (secondary N) is 2. The number of anilines is 2. The Morgan fingerprint density at radius 3 is 1.71 bits per heavy atom. The molecule has 0 fully saturated rings. The van der Waals surface area contributed by atoms with Crippen LogP contribution in [0.15, 0.2) is 65.6 Å². The van der Waals surface area contributed by atoms with Crippen LogP contribution in [0.2, 0.25) is 5.02 Å². The molecule has 3 rings (SSSR count). The van der Waals surface area contributed by atoms with Crippen molar-refractivity contribution in [3.8, 4) is 5.75 Å². The number of ether oxygens (including phenoxy) is 3. The molecule has 56 heavy (non-hydrogen) atoms. The molecule has 1 amide bonds. The summed E-state index contributed by atoms with van der Waals surface area (Å²) >= 11 is 6.30. The molecule has 2 N–H and O–H groups in total. The number of hydrogen-bond donors (Lipinski definition) is 2. The van der Waals surface area contributed by atoms with E-state index in [9.17, 15) is 27.6 Å². The van der Waals surface area contributed by atoms with Gasteiger partial charge in [-0.2, -0.15) is 0 Å². The van der Waals surface area contributed by atoms with Gasteiger partial charge in [-0.25, -0.2) is 18.0 Å². The van der Waals surface area contributed by atoms with Crippen molar-refractivity contribution >= 4 is 56.6 Å². The maximum absolute atomic E-state index is 13.3. The molecular weight excluding hydrogens is 756 g/mol. The van der Waals surface area contributed by atoms with Crippen LogP contribution in [0.25, 0.3) is 0 Å². The Hall–Kier alpha value is -4.42. The van der Waals surface area contributed by atoms with Gasteiger partial charge in [0.1, 0.15) is 5.75 Å². The average Bonchev–Trinajstić information content (AvgIpc) is 3.18. The Morgan fingerprint density at radius 2 is 1.18 bits per heavy atom. The van der Waals surface area contributed by atoms with E-state index in [0.29, 0.717) is 12.4 Å². The topological polar surface area (TPSA) is 154 Å². The molecule has 0 saturated heterocycles. The summed E-state index contributed by atoms with van der Waals surface area (Å²) in [5, 5.41) is 2.56. The van der Waals surface area contributed by atoms with Crippen molar-refractivity contribution in [2.24, 2.45) is 0 Å². The average molecular weight is 813 g/mol. The second-order valence-corrected chi connectivity index (χ2v) is 15.9. The van der Waals surface area contributed by atoms with Crippen molar-refractivity contribution in [2.45, 2.75) is 121 Å². The first-order valence-corrected chi connectivity index (χ1v) is 21.5. The van der Waals surface area contributed by atoms with Crippen LogP contribution in [0.4, 0.5) is 11.4 Å². The third-order valence-electron chi connectivity index (χ3n) is 9.31. The van der Waals surface area contributed by atoms with E-state index in [1.165, 1.54) is 114 Å². The van der Waals surface area contributed by atoms with Gasteiger partial charge < -0.3 is 19.5 Å². The summed E-state index contributed by atoms with van der Waals surface area (Å²) in [6.45, 7) is 2.71. The summed E-state index contributed by atoms with van der Waals surface area (Å²) in [6, 6.07) is 14.0. The summed E-state index contributed by atoms with van der Waals surface area (Å²) in [5.74, 6) is -2.38. The lowest BCUT2D eigenvalue weighted by atomic mass is 10.0. The van der Waals surface area contributed by atoms with E-state index in [0.717, 1.165) is 39.5 Å². The predicted molar refractivity (Wildman–Crippen MR) is 220 cm³/mol. The Morgan fingerprint density at radius 1 is 0.661 bits per heavy atom. The van der Waals surface area contributed by atoms with Crippen LogP contribution in [-0.2, 0) is 24.3 Å². The zero-order valence-electron chi connectivity index (χ0n) is 33.0. The second-order valence-electron chi connectivity index (χ2n) is 13.8. The Bertz CT molecular complexity index is 1810. The number of carbonyl (C=O) groups excluding carboxylic acids is 4. The summed E-state index contributed by atoms with van der Waals surface area (Å²) in [6.07, 6.45) is 19.8. The van der Waals surface area contributed by atoms with E-state index in [-0.39, 0.29) is 38.0 Å². The summed E-state index contributed by atoms with van der Waals surface area (Å²) in [7, 11) is -2.05. The number of esters is 2. The zero-order valence-corrected chi connectivity index (χ0v) is 34.5. The first kappa shape index (κ1) is 46.0. The molecule has 0 radical (unpaired) electrons. The lowest BCUT2D eigenvalue weighted by molar-refractivity contribution is -0.115. The number of hydrogen-bond acceptors (Lipinski definition) is 9. The number of benzene rings is 3. The van der Waals surface area contributed by atoms with Crippen molar-refractivity contribution in [1.29, 1.82) is 0 Å². The second kappa shape index (κ2) is 25.0. The van der Waals surface area contributed by atoms with Crippen molar-refractivity contribution in [3.63, 3.8) is 0 Å². The number of unbranched alkanes of at least 4 members (excludes halogenated alkanes) is 15. The van der Waals surface area contributed by atoms with Crippen LogP contribution < -0.4 is 14.8 Å². The Balaban J connectivity index is 1.46. The molecule has 0 aliphatic carbocycles. The monoisotopic (exact) mass is 812 g/mol. The fourth-order valence-electron chi connectivity index (χ4n) is 6.23. The molecule has 0 unspecified atom stereocenters. The van der Waals surface area contributed by atoms with Gasteiger partial charge in [0, 0.05) is 0 Å². The van der Waals surface area contributed by atoms with Gasteiger partial charge in [0.25, 0.3) is 10.0 Å². The highest BCUT2D eigenvalue weighted by Crippen LogP contribution is 2.28. The molecule has 0 aromatic heterocycles. The Kier molecular flexibility index (Phi) is 20.5. The Labute approximate surface area is 337 Å². The van der Waals surface area contributed by atoms with E-state index < -0.39 is 40.1 Å². The van der Waals surface area contributed by atoms with E-state index in [2.05, 4.69) is 17.0 Å². The lowest BCUT2D eigenvalue weighted by Crippen LogP contribution is -2.18. The minimum Gasteiger partial charge on any atom is -0.493 e. The maximum Gasteiger partial charge on any atom is 0.337 e. The van der Waals surface area contributed by atoms with Crippen molar-refractivity contribution < 1.29 is 41.8 Å². The van der Waals surface area contributed by atoms with Crippen molar-refractivity contribution in [1.82, 2.24) is 0 Å². The molecule has 0 aliphatic rings. The van der Waals surface area contributed by atoms with E-state index in [1.807, 2.05) is 0 Å². The minimum absolute atomic E-state index is 0.0351. The number of carbonyl (C=O) groups is 4. The number of rotatable bonds is 27. The van der Waals surface area contributed by atoms with E-state index >= 15 is 0 Å². The number of Topliss-reactive ketones (excluding diaryl/α,β-unsaturated/α-hetero) is 1. The van der Waals surface area contributed by atoms with Crippen LogP contribution in [0.1, 0.15) is 147 Å². The van der Waals surface area contributed by atoms with Crippen LogP contribution >= 0.6 is 11.6 Å². The number of sulfonamides is 1. The van der Waals surface area contributed by atoms with Gasteiger partial charge in [0.2, 0.25) is 5.91 Å². The van der Waals surface area contributed by atoms with Gasteiger partial charge in [-0.05, 0) is 55.0 Å². The highest BCUT2D eigenvalue weighted by molar-refractivity contribution is 7.92. The summed E-state index contributed by atoms with van der Waals surface area (Å²) in [4.78, 5) is 50.2. The highest BCUT2D eigenvalue weighted by Gasteiger charge is 2.22. The minimum atomic E-state index is -4.33. The molecule has 3 aromatic carbocycles. The smallest absolute Gasteiger partial charge is 0.337 e. The number of ketones is 1. The molecule has 13 heteroatoms. The molecule has 0 saturated carbocycles. The highest BCUT2D eigenvalue weighted by atomic mass is 35.5. The molecular formula is C43H57ClN2O9S. The molecule has 0 aliphatic heterocycles. The third-order valence-corrected chi connectivity index (χ3v) is 11.0. The van der Waals surface area contributed by atoms with Crippen LogP contribution in [0.3, 0.4) is 0 Å². The van der Waals surface area contributed by atoms with Gasteiger partial charge in [-0.15, -0.1) is 0 Å². The van der Waals surface area contributed by atoms with Crippen LogP contribution in [0, 0.1) is 0 Å². The van der Waals surface area contributed by atoms with Crippen molar-refractivity contribution in [2.75, 3.05) is 30.9 Å². The standard InChI is InChI=1S/C43H57ClN2O9S/c1-4-5-6-7-8-9-10-11-12-13-14-15-16-17-18-21-26-55-40-23-20-19-22-36(40)39(47)31-41(48)45-38-30-35(24-25-37(38)44)56(51,52)46-34-28-32(42(49)53-2)27-33(29-34)43(50)54-3/h19-20,22-25,27-30,46H,4-18,21,26,31H2,1-3H3,(H,45,48). The summed E-state index contributed by atoms with van der Waals surface area (Å²) < 4.78 is 44.4. The number of halogens is 1. The van der Waals surface area contributed by atoms with Gasteiger partial charge >= 0.3 is 11.9 Å². The first-order chi connectivity index (χ1) is 27.0. The number of para-hydroxylation sites is 1. The molecule has 3 aromatic rings.